The first-order valence-electron chi connectivity index (χ1n) is 2.86. The number of aliphatic hydroxyl groups excluding tert-OH is 3. The minimum absolute atomic E-state index is 0.200. The zero-order valence-corrected chi connectivity index (χ0v) is 4.90. The fraction of sp³-hybridized carbons (Fsp3) is 1.00. The van der Waals surface area contributed by atoms with Crippen LogP contribution in [0, 0.1) is 0 Å². The van der Waals surface area contributed by atoms with Crippen molar-refractivity contribution >= 4 is 0 Å². The predicted octanol–water partition coefficient (Wildman–Crippen LogP) is -1.55. The smallest absolute Gasteiger partial charge is 0.157 e. The van der Waals surface area contributed by atoms with Crippen molar-refractivity contribution in [1.82, 2.24) is 0 Å². The van der Waals surface area contributed by atoms with E-state index in [0.29, 0.717) is 0 Å². The maximum Gasteiger partial charge on any atom is 0.157 e. The second kappa shape index (κ2) is 2.62. The van der Waals surface area contributed by atoms with Gasteiger partial charge in [-0.15, -0.1) is 0 Å². The van der Waals surface area contributed by atoms with E-state index in [1.54, 1.807) is 0 Å². The largest absolute Gasteiger partial charge is 0.394 e. The molecule has 3 N–H and O–H groups in total. The lowest BCUT2D eigenvalue weighted by Crippen LogP contribution is -2.24. The van der Waals surface area contributed by atoms with Crippen LogP contribution in [0.15, 0.2) is 0 Å². The van der Waals surface area contributed by atoms with Gasteiger partial charge in [0, 0.05) is 6.42 Å². The summed E-state index contributed by atoms with van der Waals surface area (Å²) in [5.74, 6) is 0. The monoisotopic (exact) mass is 134 g/mol. The molecule has 1 heterocycles. The molecule has 4 nitrogen and oxygen atoms in total. The Labute approximate surface area is 52.7 Å². The molecular formula is C5H10O4. The third kappa shape index (κ3) is 1.40. The summed E-state index contributed by atoms with van der Waals surface area (Å²) < 4.78 is 4.68. The predicted molar refractivity (Wildman–Crippen MR) is 28.6 cm³/mol. The topological polar surface area (TPSA) is 69.9 Å². The number of hydrogen-bond acceptors (Lipinski definition) is 4. The molecule has 54 valence electrons. The molecule has 0 bridgehead atoms. The summed E-state index contributed by atoms with van der Waals surface area (Å²) in [7, 11) is 0. The van der Waals surface area contributed by atoms with Gasteiger partial charge in [-0.1, -0.05) is 0 Å². The van der Waals surface area contributed by atoms with Crippen molar-refractivity contribution < 1.29 is 20.1 Å². The Kier molecular flexibility index (Phi) is 2.02. The van der Waals surface area contributed by atoms with Crippen molar-refractivity contribution in [3.63, 3.8) is 0 Å². The lowest BCUT2D eigenvalue weighted by molar-refractivity contribution is -0.107. The molecule has 9 heavy (non-hydrogen) atoms. The van der Waals surface area contributed by atoms with Gasteiger partial charge in [0.25, 0.3) is 0 Å². The van der Waals surface area contributed by atoms with Gasteiger partial charge < -0.3 is 20.1 Å². The van der Waals surface area contributed by atoms with Gasteiger partial charge in [-0.25, -0.2) is 0 Å². The van der Waals surface area contributed by atoms with Crippen molar-refractivity contribution in [2.24, 2.45) is 0 Å². The molecule has 4 heteroatoms. The van der Waals surface area contributed by atoms with Gasteiger partial charge in [-0.3, -0.25) is 0 Å². The average Bonchev–Trinajstić information content (AvgIpc) is 2.10. The Morgan fingerprint density at radius 1 is 1.44 bits per heavy atom. The third-order valence-corrected chi connectivity index (χ3v) is 1.38. The average molecular weight is 134 g/mol. The molecule has 1 saturated heterocycles. The Bertz CT molecular complexity index is 95.0. The maximum atomic E-state index is 8.91. The highest BCUT2D eigenvalue weighted by atomic mass is 16.6. The Balaban J connectivity index is 2.38. The van der Waals surface area contributed by atoms with Crippen molar-refractivity contribution in [3.05, 3.63) is 0 Å². The van der Waals surface area contributed by atoms with Crippen molar-refractivity contribution in [2.45, 2.75) is 24.9 Å². The molecule has 0 aromatic carbocycles. The van der Waals surface area contributed by atoms with E-state index < -0.39 is 18.5 Å². The molecule has 1 fully saturated rings. The summed E-state index contributed by atoms with van der Waals surface area (Å²) in [6.45, 7) is -0.238. The zero-order chi connectivity index (χ0) is 6.85. The highest BCUT2D eigenvalue weighted by molar-refractivity contribution is 4.75. The standard InChI is InChI=1S/C5H10O4/c6-2-4-3(7)1-5(8)9-4/h3-8H,1-2H2. The van der Waals surface area contributed by atoms with E-state index >= 15 is 0 Å². The van der Waals surface area contributed by atoms with Gasteiger partial charge in [0.1, 0.15) is 6.10 Å². The third-order valence-electron chi connectivity index (χ3n) is 1.38. The van der Waals surface area contributed by atoms with E-state index in [-0.39, 0.29) is 13.0 Å². The van der Waals surface area contributed by atoms with Crippen molar-refractivity contribution in [2.75, 3.05) is 6.61 Å². The fourth-order valence-electron chi connectivity index (χ4n) is 0.871. The van der Waals surface area contributed by atoms with Crippen LogP contribution in [0.2, 0.25) is 0 Å². The first kappa shape index (κ1) is 6.95. The van der Waals surface area contributed by atoms with Crippen molar-refractivity contribution in [1.29, 1.82) is 0 Å². The van der Waals surface area contributed by atoms with Gasteiger partial charge >= 0.3 is 0 Å². The lowest BCUT2D eigenvalue weighted by Gasteiger charge is -2.08. The van der Waals surface area contributed by atoms with E-state index in [0.717, 1.165) is 0 Å². The summed E-state index contributed by atoms with van der Waals surface area (Å²) in [6.07, 6.45) is -2.02. The second-order valence-electron chi connectivity index (χ2n) is 2.11. The summed E-state index contributed by atoms with van der Waals surface area (Å²) in [5, 5.41) is 26.1. The van der Waals surface area contributed by atoms with Gasteiger partial charge in [0.2, 0.25) is 0 Å². The van der Waals surface area contributed by atoms with Gasteiger partial charge in [-0.2, -0.15) is 0 Å². The lowest BCUT2D eigenvalue weighted by atomic mass is 10.2. The minimum atomic E-state index is -0.905. The molecular weight excluding hydrogens is 124 g/mol. The van der Waals surface area contributed by atoms with E-state index in [2.05, 4.69) is 4.74 Å². The van der Waals surface area contributed by atoms with E-state index in [1.807, 2.05) is 0 Å². The second-order valence-corrected chi connectivity index (χ2v) is 2.11. The molecule has 0 aliphatic carbocycles. The number of rotatable bonds is 1. The molecule has 0 radical (unpaired) electrons. The molecule has 1 aliphatic heterocycles. The maximum absolute atomic E-state index is 8.91. The summed E-state index contributed by atoms with van der Waals surface area (Å²) in [6, 6.07) is 0. The van der Waals surface area contributed by atoms with Crippen LogP contribution in [-0.2, 0) is 4.74 Å². The normalized spacial score (nSPS) is 43.7. The molecule has 0 aromatic rings. The van der Waals surface area contributed by atoms with Crippen LogP contribution < -0.4 is 0 Å². The molecule has 0 amide bonds. The van der Waals surface area contributed by atoms with Crippen LogP contribution in [0.4, 0.5) is 0 Å². The molecule has 1 aliphatic rings. The summed E-state index contributed by atoms with van der Waals surface area (Å²) >= 11 is 0. The van der Waals surface area contributed by atoms with Crippen molar-refractivity contribution in [3.8, 4) is 0 Å². The first-order valence-corrected chi connectivity index (χ1v) is 2.86. The van der Waals surface area contributed by atoms with E-state index in [1.165, 1.54) is 0 Å². The molecule has 0 aromatic heterocycles. The fourth-order valence-corrected chi connectivity index (χ4v) is 0.871. The SMILES string of the molecule is OCC1OC(O)CC1O. The van der Waals surface area contributed by atoms with Gasteiger partial charge in [0.15, 0.2) is 6.29 Å². The highest BCUT2D eigenvalue weighted by Crippen LogP contribution is 2.17. The van der Waals surface area contributed by atoms with Crippen LogP contribution in [0.3, 0.4) is 0 Å². The van der Waals surface area contributed by atoms with Gasteiger partial charge in [-0.05, 0) is 0 Å². The van der Waals surface area contributed by atoms with Gasteiger partial charge in [0.05, 0.1) is 12.7 Å². The molecule has 3 atom stereocenters. The highest BCUT2D eigenvalue weighted by Gasteiger charge is 2.31. The molecule has 0 saturated carbocycles. The van der Waals surface area contributed by atoms with Crippen LogP contribution in [0.5, 0.6) is 0 Å². The molecule has 0 spiro atoms. The van der Waals surface area contributed by atoms with E-state index in [9.17, 15) is 0 Å². The number of hydrogen-bond donors (Lipinski definition) is 3. The zero-order valence-electron chi connectivity index (χ0n) is 4.90. The molecule has 3 unspecified atom stereocenters. The summed E-state index contributed by atoms with van der Waals surface area (Å²) in [4.78, 5) is 0. The Hall–Kier alpha value is -0.160. The van der Waals surface area contributed by atoms with Crippen LogP contribution in [0.25, 0.3) is 0 Å². The minimum Gasteiger partial charge on any atom is -0.394 e. The van der Waals surface area contributed by atoms with E-state index in [4.69, 9.17) is 15.3 Å². The number of aliphatic hydroxyl groups is 3. The quantitative estimate of drug-likeness (QED) is 0.406. The van der Waals surface area contributed by atoms with Crippen LogP contribution in [-0.4, -0.2) is 40.4 Å². The first-order chi connectivity index (χ1) is 4.24. The number of ether oxygens (including phenoxy) is 1. The molecule has 1 rings (SSSR count). The summed E-state index contributed by atoms with van der Waals surface area (Å²) in [5.41, 5.74) is 0. The Morgan fingerprint density at radius 2 is 2.11 bits per heavy atom. The Morgan fingerprint density at radius 3 is 2.33 bits per heavy atom. The van der Waals surface area contributed by atoms with Crippen LogP contribution >= 0.6 is 0 Å². The van der Waals surface area contributed by atoms with Crippen LogP contribution in [0.1, 0.15) is 6.42 Å².